The highest BCUT2D eigenvalue weighted by Gasteiger charge is 2.33. The van der Waals surface area contributed by atoms with Crippen molar-refractivity contribution in [2.24, 2.45) is 0 Å². The Morgan fingerprint density at radius 3 is 2.30 bits per heavy atom. The van der Waals surface area contributed by atoms with Gasteiger partial charge >= 0.3 is 0 Å². The van der Waals surface area contributed by atoms with Gasteiger partial charge in [-0.3, -0.25) is 19.7 Å². The average molecular weight is 604 g/mol. The lowest BCUT2D eigenvalue weighted by Gasteiger charge is -2.39. The number of hydrogen-bond donors (Lipinski definition) is 4. The van der Waals surface area contributed by atoms with E-state index < -0.39 is 12.2 Å². The topological polar surface area (TPSA) is 130 Å². The summed E-state index contributed by atoms with van der Waals surface area (Å²) in [6.07, 6.45) is 0.684. The van der Waals surface area contributed by atoms with Gasteiger partial charge in [-0.05, 0) is 34.2 Å². The van der Waals surface area contributed by atoms with Crippen LogP contribution in [0.2, 0.25) is 0 Å². The van der Waals surface area contributed by atoms with Gasteiger partial charge in [0.05, 0.1) is 32.0 Å². The van der Waals surface area contributed by atoms with E-state index >= 15 is 0 Å². The highest BCUT2D eigenvalue weighted by atomic mass is 16.7. The van der Waals surface area contributed by atoms with Gasteiger partial charge < -0.3 is 24.6 Å². The summed E-state index contributed by atoms with van der Waals surface area (Å²) in [5, 5.41) is 21.0. The van der Waals surface area contributed by atoms with Crippen LogP contribution in [0.1, 0.15) is 60.3 Å². The fourth-order valence-corrected chi connectivity index (χ4v) is 5.63. The lowest BCUT2D eigenvalue weighted by atomic mass is 9.97. The molecule has 0 aliphatic carbocycles. The lowest BCUT2D eigenvalue weighted by molar-refractivity contribution is -0.253. The van der Waals surface area contributed by atoms with E-state index in [0.29, 0.717) is 13.0 Å². The number of aliphatic hydroxyl groups excluding tert-OH is 1. The van der Waals surface area contributed by atoms with Crippen LogP contribution < -0.4 is 10.8 Å². The lowest BCUT2D eigenvalue weighted by Crippen LogP contribution is -2.44. The molecule has 10 heteroatoms. The number of benzene rings is 3. The van der Waals surface area contributed by atoms with Crippen molar-refractivity contribution in [2.45, 2.75) is 57.3 Å². The monoisotopic (exact) mass is 603 g/mol. The summed E-state index contributed by atoms with van der Waals surface area (Å²) >= 11 is 0. The van der Waals surface area contributed by atoms with Crippen molar-refractivity contribution >= 4 is 11.8 Å². The zero-order chi connectivity index (χ0) is 30.7. The number of rotatable bonds is 12. The minimum Gasteiger partial charge on any atom is -0.392 e. The van der Waals surface area contributed by atoms with E-state index in [1.807, 2.05) is 72.8 Å². The smallest absolute Gasteiger partial charge is 0.243 e. The highest BCUT2D eigenvalue weighted by Crippen LogP contribution is 2.39. The molecular weight excluding hydrogens is 562 g/mol. The molecule has 3 atom stereocenters. The van der Waals surface area contributed by atoms with Crippen molar-refractivity contribution in [3.8, 4) is 11.1 Å². The number of nitrogens with zero attached hydrogens (tertiary/aromatic N) is 1. The predicted molar refractivity (Wildman–Crippen MR) is 163 cm³/mol. The number of carbonyl (C=O) groups excluding carboxylic acids is 2. The third-order valence-corrected chi connectivity index (χ3v) is 8.10. The van der Waals surface area contributed by atoms with E-state index in [2.05, 4.69) is 10.2 Å². The van der Waals surface area contributed by atoms with Gasteiger partial charge in [-0.1, -0.05) is 72.8 Å². The number of morpholine rings is 1. The molecule has 0 saturated carbocycles. The summed E-state index contributed by atoms with van der Waals surface area (Å²) in [4.78, 5) is 25.9. The van der Waals surface area contributed by atoms with Crippen molar-refractivity contribution in [1.82, 2.24) is 15.7 Å². The van der Waals surface area contributed by atoms with Gasteiger partial charge in [-0.25, -0.2) is 5.48 Å². The second-order valence-electron chi connectivity index (χ2n) is 11.2. The fourth-order valence-electron chi connectivity index (χ4n) is 5.63. The van der Waals surface area contributed by atoms with Crippen molar-refractivity contribution in [3.63, 3.8) is 0 Å². The fraction of sp³-hybridized carbons (Fsp3) is 0.412. The zero-order valence-corrected chi connectivity index (χ0v) is 24.8. The summed E-state index contributed by atoms with van der Waals surface area (Å²) in [5.41, 5.74) is 7.43. The van der Waals surface area contributed by atoms with E-state index in [9.17, 15) is 14.7 Å². The normalized spacial score (nSPS) is 20.6. The van der Waals surface area contributed by atoms with Gasteiger partial charge in [-0.15, -0.1) is 0 Å². The Labute approximate surface area is 257 Å². The summed E-state index contributed by atoms with van der Waals surface area (Å²) < 4.78 is 18.6. The second kappa shape index (κ2) is 15.9. The molecule has 2 heterocycles. The number of ether oxygens (including phenoxy) is 3. The Morgan fingerprint density at radius 2 is 1.57 bits per heavy atom. The van der Waals surface area contributed by atoms with Crippen molar-refractivity contribution in [1.29, 1.82) is 0 Å². The minimum absolute atomic E-state index is 0.00451. The Hall–Kier alpha value is -3.64. The first kappa shape index (κ1) is 31.8. The molecule has 0 spiro atoms. The van der Waals surface area contributed by atoms with Crippen LogP contribution in [0.5, 0.6) is 0 Å². The molecule has 0 bridgehead atoms. The molecule has 0 radical (unpaired) electrons. The zero-order valence-electron chi connectivity index (χ0n) is 24.8. The third kappa shape index (κ3) is 8.72. The molecule has 0 unspecified atom stereocenters. The maximum absolute atomic E-state index is 12.3. The van der Waals surface area contributed by atoms with Crippen molar-refractivity contribution < 1.29 is 34.1 Å². The largest absolute Gasteiger partial charge is 0.392 e. The number of hydrogen-bond acceptors (Lipinski definition) is 8. The quantitative estimate of drug-likeness (QED) is 0.181. The van der Waals surface area contributed by atoms with E-state index in [-0.39, 0.29) is 37.6 Å². The van der Waals surface area contributed by atoms with Gasteiger partial charge in [0.1, 0.15) is 0 Å². The van der Waals surface area contributed by atoms with Crippen LogP contribution in [0.15, 0.2) is 72.8 Å². The summed E-state index contributed by atoms with van der Waals surface area (Å²) in [5.74, 6) is -0.657. The molecule has 3 aromatic rings. The minimum atomic E-state index is -0.534. The van der Waals surface area contributed by atoms with E-state index in [1.165, 1.54) is 0 Å². The standard InChI is InChI=1S/C34H41N3O7/c38-23-24-8-10-26(11-9-24)31-20-29(22-37-16-18-42-19-17-37)43-34(44-31)27-14-12-25(13-15-27)30-5-2-1-4-28(30)21-35-32(39)6-3-7-33(40)36-41/h1-2,4-5,8-15,29,31,34,38,41H,3,6-7,16-23H2,(H,35,39)(H,36,40)/t29-,31+,34+/m1/s1. The molecule has 44 heavy (non-hydrogen) atoms. The van der Waals surface area contributed by atoms with Crippen LogP contribution in [0.25, 0.3) is 11.1 Å². The first-order valence-corrected chi connectivity index (χ1v) is 15.2. The molecule has 10 nitrogen and oxygen atoms in total. The summed E-state index contributed by atoms with van der Waals surface area (Å²) in [6, 6.07) is 24.0. The van der Waals surface area contributed by atoms with Crippen LogP contribution in [-0.4, -0.2) is 66.0 Å². The number of amides is 2. The molecule has 3 aromatic carbocycles. The predicted octanol–water partition coefficient (Wildman–Crippen LogP) is 4.02. The molecule has 2 saturated heterocycles. The molecule has 2 aliphatic rings. The van der Waals surface area contributed by atoms with E-state index in [4.69, 9.17) is 19.4 Å². The molecule has 4 N–H and O–H groups in total. The first-order valence-electron chi connectivity index (χ1n) is 15.2. The first-order chi connectivity index (χ1) is 21.5. The summed E-state index contributed by atoms with van der Waals surface area (Å²) in [7, 11) is 0. The Bertz CT molecular complexity index is 1360. The molecule has 2 fully saturated rings. The van der Waals surface area contributed by atoms with Gasteiger partial charge in [0.25, 0.3) is 0 Å². The van der Waals surface area contributed by atoms with Crippen LogP contribution in [0, 0.1) is 0 Å². The highest BCUT2D eigenvalue weighted by molar-refractivity contribution is 5.78. The second-order valence-corrected chi connectivity index (χ2v) is 11.2. The molecule has 2 aliphatic heterocycles. The maximum Gasteiger partial charge on any atom is 0.243 e. The van der Waals surface area contributed by atoms with Crippen molar-refractivity contribution in [2.75, 3.05) is 32.8 Å². The molecule has 2 amide bonds. The Kier molecular flexibility index (Phi) is 11.5. The summed E-state index contributed by atoms with van der Waals surface area (Å²) in [6.45, 7) is 4.40. The number of aliphatic hydroxyl groups is 1. The van der Waals surface area contributed by atoms with Crippen LogP contribution >= 0.6 is 0 Å². The van der Waals surface area contributed by atoms with Gasteiger partial charge in [0, 0.05) is 51.0 Å². The van der Waals surface area contributed by atoms with Crippen LogP contribution in [-0.2, 0) is 37.0 Å². The van der Waals surface area contributed by atoms with Gasteiger partial charge in [0.15, 0.2) is 6.29 Å². The van der Waals surface area contributed by atoms with Crippen molar-refractivity contribution in [3.05, 3.63) is 95.1 Å². The molecule has 234 valence electrons. The Balaban J connectivity index is 1.27. The molecular formula is C34H41N3O7. The third-order valence-electron chi connectivity index (χ3n) is 8.10. The number of hydroxylamine groups is 1. The average Bonchev–Trinajstić information content (AvgIpc) is 3.08. The number of nitrogens with one attached hydrogen (secondary N) is 2. The van der Waals surface area contributed by atoms with E-state index in [1.54, 1.807) is 5.48 Å². The molecule has 0 aromatic heterocycles. The van der Waals surface area contributed by atoms with E-state index in [0.717, 1.165) is 72.6 Å². The SMILES string of the molecule is O=C(CCCC(=O)NCc1ccccc1-c1ccc([C@H]2O[C@@H](CN3CCOCC3)C[C@@H](c3ccc(CO)cc3)O2)cc1)NO. The van der Waals surface area contributed by atoms with Gasteiger partial charge in [0.2, 0.25) is 11.8 Å². The van der Waals surface area contributed by atoms with Gasteiger partial charge in [-0.2, -0.15) is 0 Å². The maximum atomic E-state index is 12.3. The van der Waals surface area contributed by atoms with Crippen LogP contribution in [0.4, 0.5) is 0 Å². The molecule has 5 rings (SSSR count). The number of carbonyl (C=O) groups is 2. The Morgan fingerprint density at radius 1 is 0.864 bits per heavy atom. The van der Waals surface area contributed by atoms with Crippen LogP contribution in [0.3, 0.4) is 0 Å².